The van der Waals surface area contributed by atoms with Gasteiger partial charge in [0.15, 0.2) is 0 Å². The second-order valence-electron chi connectivity index (χ2n) is 3.53. The van der Waals surface area contributed by atoms with Gasteiger partial charge >= 0.3 is 0 Å². The Kier molecular flexibility index (Phi) is 1.65. The summed E-state index contributed by atoms with van der Waals surface area (Å²) in [5.41, 5.74) is -1.09. The number of hydrogen-bond acceptors (Lipinski definition) is 2. The molecule has 2 heterocycles. The number of aromatic amines is 1. The number of halogens is 1. The van der Waals surface area contributed by atoms with Gasteiger partial charge in [0.2, 0.25) is 0 Å². The Morgan fingerprint density at radius 3 is 3.08 bits per heavy atom. The van der Waals surface area contributed by atoms with Gasteiger partial charge in [-0.05, 0) is 6.92 Å². The van der Waals surface area contributed by atoms with Crippen LogP contribution in [0, 0.1) is 0 Å². The molecule has 1 aromatic heterocycles. The van der Waals surface area contributed by atoms with E-state index in [1.807, 2.05) is 0 Å². The topological polar surface area (TPSA) is 40.7 Å². The minimum absolute atomic E-state index is 0.0509. The van der Waals surface area contributed by atoms with Crippen LogP contribution in [0.1, 0.15) is 25.2 Å². The summed E-state index contributed by atoms with van der Waals surface area (Å²) in [6, 6.07) is 0.0509. The molecule has 4 heteroatoms. The first kappa shape index (κ1) is 7.73. The Morgan fingerprint density at radius 2 is 2.58 bits per heavy atom. The van der Waals surface area contributed by atoms with E-state index in [1.54, 1.807) is 19.3 Å². The molecular formula is C8H12FN3. The molecule has 2 unspecified atom stereocenters. The third-order valence-corrected chi connectivity index (χ3v) is 2.20. The quantitative estimate of drug-likeness (QED) is 0.662. The van der Waals surface area contributed by atoms with Crippen molar-refractivity contribution in [2.24, 2.45) is 0 Å². The third kappa shape index (κ3) is 1.34. The predicted molar refractivity (Wildman–Crippen MR) is 43.5 cm³/mol. The molecule has 0 spiro atoms. The first-order valence-electron chi connectivity index (χ1n) is 4.09. The third-order valence-electron chi connectivity index (χ3n) is 2.20. The van der Waals surface area contributed by atoms with Crippen LogP contribution in [0.2, 0.25) is 0 Å². The molecular weight excluding hydrogens is 157 g/mol. The Hall–Kier alpha value is -0.900. The minimum atomic E-state index is -1.09. The average Bonchev–Trinajstić information content (AvgIpc) is 2.55. The molecule has 0 aliphatic carbocycles. The van der Waals surface area contributed by atoms with E-state index in [0.717, 1.165) is 5.82 Å². The van der Waals surface area contributed by atoms with Crippen LogP contribution in [0.5, 0.6) is 0 Å². The van der Waals surface area contributed by atoms with Crippen molar-refractivity contribution in [3.8, 4) is 0 Å². The van der Waals surface area contributed by atoms with Crippen LogP contribution in [0.3, 0.4) is 0 Å². The van der Waals surface area contributed by atoms with E-state index in [0.29, 0.717) is 13.0 Å². The molecule has 1 aromatic rings. The number of nitrogens with zero attached hydrogens (tertiary/aromatic N) is 1. The summed E-state index contributed by atoms with van der Waals surface area (Å²) in [6.45, 7) is 2.03. The Morgan fingerprint density at radius 1 is 1.75 bits per heavy atom. The zero-order valence-electron chi connectivity index (χ0n) is 6.97. The molecule has 0 amide bonds. The lowest BCUT2D eigenvalue weighted by Gasteiger charge is -2.09. The summed E-state index contributed by atoms with van der Waals surface area (Å²) >= 11 is 0. The molecule has 12 heavy (non-hydrogen) atoms. The van der Waals surface area contributed by atoms with E-state index in [9.17, 15) is 4.39 Å². The van der Waals surface area contributed by atoms with Gasteiger partial charge in [-0.15, -0.1) is 0 Å². The Balaban J connectivity index is 2.10. The Bertz CT molecular complexity index is 255. The standard InChI is InChI=1S/C8H12FN3/c1-8(9)4-6(12-5-8)7-10-2-3-11-7/h2-3,6,12H,4-5H2,1H3,(H,10,11). The van der Waals surface area contributed by atoms with Crippen LogP contribution in [-0.4, -0.2) is 22.2 Å². The molecule has 1 fully saturated rings. The van der Waals surface area contributed by atoms with Gasteiger partial charge in [0.25, 0.3) is 0 Å². The van der Waals surface area contributed by atoms with Crippen LogP contribution in [0.4, 0.5) is 4.39 Å². The number of hydrogen-bond donors (Lipinski definition) is 2. The monoisotopic (exact) mass is 169 g/mol. The van der Waals surface area contributed by atoms with Gasteiger partial charge in [-0.1, -0.05) is 0 Å². The minimum Gasteiger partial charge on any atom is -0.347 e. The number of H-pyrrole nitrogens is 1. The molecule has 1 aliphatic heterocycles. The number of rotatable bonds is 1. The second kappa shape index (κ2) is 2.55. The molecule has 0 radical (unpaired) electrons. The highest BCUT2D eigenvalue weighted by Crippen LogP contribution is 2.30. The summed E-state index contributed by atoms with van der Waals surface area (Å²) < 4.78 is 13.3. The fourth-order valence-corrected chi connectivity index (χ4v) is 1.57. The van der Waals surface area contributed by atoms with E-state index in [-0.39, 0.29) is 6.04 Å². The van der Waals surface area contributed by atoms with Crippen LogP contribution < -0.4 is 5.32 Å². The molecule has 0 aromatic carbocycles. The van der Waals surface area contributed by atoms with E-state index in [2.05, 4.69) is 15.3 Å². The van der Waals surface area contributed by atoms with Crippen molar-refractivity contribution in [1.29, 1.82) is 0 Å². The highest BCUT2D eigenvalue weighted by atomic mass is 19.1. The number of nitrogens with one attached hydrogen (secondary N) is 2. The van der Waals surface area contributed by atoms with Crippen LogP contribution >= 0.6 is 0 Å². The summed E-state index contributed by atoms with van der Waals surface area (Å²) in [7, 11) is 0. The maximum absolute atomic E-state index is 13.3. The maximum Gasteiger partial charge on any atom is 0.123 e. The van der Waals surface area contributed by atoms with Gasteiger partial charge in [-0.2, -0.15) is 0 Å². The van der Waals surface area contributed by atoms with Crippen molar-refractivity contribution in [3.05, 3.63) is 18.2 Å². The average molecular weight is 169 g/mol. The zero-order chi connectivity index (χ0) is 8.60. The predicted octanol–water partition coefficient (Wildman–Crippen LogP) is 1.17. The highest BCUT2D eigenvalue weighted by Gasteiger charge is 2.36. The van der Waals surface area contributed by atoms with Crippen molar-refractivity contribution in [1.82, 2.24) is 15.3 Å². The van der Waals surface area contributed by atoms with Gasteiger partial charge in [0.1, 0.15) is 11.5 Å². The maximum atomic E-state index is 13.3. The lowest BCUT2D eigenvalue weighted by molar-refractivity contribution is 0.213. The molecule has 1 aliphatic rings. The number of imidazole rings is 1. The van der Waals surface area contributed by atoms with Gasteiger partial charge in [-0.3, -0.25) is 0 Å². The number of alkyl halides is 1. The van der Waals surface area contributed by atoms with Crippen molar-refractivity contribution in [2.45, 2.75) is 25.1 Å². The van der Waals surface area contributed by atoms with Gasteiger partial charge < -0.3 is 10.3 Å². The highest BCUT2D eigenvalue weighted by molar-refractivity contribution is 5.03. The first-order chi connectivity index (χ1) is 5.67. The SMILES string of the molecule is CC1(F)CNC(c2ncc[nH]2)C1. The van der Waals surface area contributed by atoms with E-state index >= 15 is 0 Å². The van der Waals surface area contributed by atoms with Gasteiger partial charge in [0.05, 0.1) is 6.04 Å². The zero-order valence-corrected chi connectivity index (χ0v) is 6.97. The lowest BCUT2D eigenvalue weighted by Crippen LogP contribution is -2.21. The van der Waals surface area contributed by atoms with Gasteiger partial charge in [-0.25, -0.2) is 9.37 Å². The fourth-order valence-electron chi connectivity index (χ4n) is 1.57. The second-order valence-corrected chi connectivity index (χ2v) is 3.53. The number of aromatic nitrogens is 2. The summed E-state index contributed by atoms with van der Waals surface area (Å²) in [5, 5.41) is 3.08. The van der Waals surface area contributed by atoms with Gasteiger partial charge in [0, 0.05) is 25.4 Å². The molecule has 2 N–H and O–H groups in total. The summed E-state index contributed by atoms with van der Waals surface area (Å²) in [6.07, 6.45) is 3.94. The molecule has 2 atom stereocenters. The lowest BCUT2D eigenvalue weighted by atomic mass is 10.1. The van der Waals surface area contributed by atoms with Crippen molar-refractivity contribution < 1.29 is 4.39 Å². The molecule has 1 saturated heterocycles. The smallest absolute Gasteiger partial charge is 0.123 e. The molecule has 0 bridgehead atoms. The Labute approximate surface area is 70.4 Å². The molecule has 66 valence electrons. The van der Waals surface area contributed by atoms with Crippen LogP contribution in [0.25, 0.3) is 0 Å². The van der Waals surface area contributed by atoms with Crippen molar-refractivity contribution in [3.63, 3.8) is 0 Å². The first-order valence-corrected chi connectivity index (χ1v) is 4.09. The van der Waals surface area contributed by atoms with Crippen LogP contribution in [-0.2, 0) is 0 Å². The molecule has 3 nitrogen and oxygen atoms in total. The van der Waals surface area contributed by atoms with E-state index in [1.165, 1.54) is 0 Å². The molecule has 2 rings (SSSR count). The normalized spacial score (nSPS) is 35.7. The summed E-state index contributed by atoms with van der Waals surface area (Å²) in [4.78, 5) is 7.06. The van der Waals surface area contributed by atoms with Crippen molar-refractivity contribution >= 4 is 0 Å². The van der Waals surface area contributed by atoms with Crippen LogP contribution in [0.15, 0.2) is 12.4 Å². The van der Waals surface area contributed by atoms with Crippen molar-refractivity contribution in [2.75, 3.05) is 6.54 Å². The fraction of sp³-hybridized carbons (Fsp3) is 0.625. The van der Waals surface area contributed by atoms with E-state index < -0.39 is 5.67 Å². The summed E-state index contributed by atoms with van der Waals surface area (Å²) in [5.74, 6) is 0.830. The molecule has 0 saturated carbocycles. The van der Waals surface area contributed by atoms with E-state index in [4.69, 9.17) is 0 Å². The largest absolute Gasteiger partial charge is 0.347 e.